The number of carbonyl (C=O) groups excluding carboxylic acids is 11. The van der Waals surface area contributed by atoms with Crippen molar-refractivity contribution in [1.82, 2.24) is 52.3 Å². The molecule has 0 aliphatic carbocycles. The zero-order valence-corrected chi connectivity index (χ0v) is 76.5. The molecule has 0 aromatic heterocycles. The lowest BCUT2D eigenvalue weighted by Gasteiger charge is -2.44. The third kappa shape index (κ3) is 37.7. The smallest absolute Gasteiger partial charge is 0.303 e. The maximum absolute atomic E-state index is 15.4. The summed E-state index contributed by atoms with van der Waals surface area (Å²) in [6.45, 7) is 27.7. The number of hydrogen-bond acceptors (Lipinski definition) is 24. The average molecular weight is 1760 g/mol. The van der Waals surface area contributed by atoms with Gasteiger partial charge >= 0.3 is 5.97 Å². The van der Waals surface area contributed by atoms with Crippen molar-refractivity contribution in [3.8, 4) is 0 Å². The van der Waals surface area contributed by atoms with Crippen molar-refractivity contribution in [2.24, 2.45) is 47.3 Å². The van der Waals surface area contributed by atoms with E-state index in [1.54, 1.807) is 0 Å². The van der Waals surface area contributed by atoms with Crippen molar-refractivity contribution in [2.75, 3.05) is 137 Å². The van der Waals surface area contributed by atoms with E-state index in [1.807, 2.05) is 55.4 Å². The van der Waals surface area contributed by atoms with Crippen molar-refractivity contribution in [3.05, 3.63) is 29.3 Å². The molecule has 1 aromatic rings. The summed E-state index contributed by atoms with van der Waals surface area (Å²) >= 11 is 0. The summed E-state index contributed by atoms with van der Waals surface area (Å²) in [6, 6.07) is 2.12. The van der Waals surface area contributed by atoms with Gasteiger partial charge in [0.2, 0.25) is 53.2 Å². The third-order valence-corrected chi connectivity index (χ3v) is 23.9. The van der Waals surface area contributed by atoms with Gasteiger partial charge < -0.3 is 120 Å². The number of ether oxygens (including phenoxy) is 12. The van der Waals surface area contributed by atoms with E-state index in [9.17, 15) is 47.9 Å². The monoisotopic (exact) mass is 1760 g/mol. The van der Waals surface area contributed by atoms with Gasteiger partial charge in [-0.15, -0.1) is 0 Å². The summed E-state index contributed by atoms with van der Waals surface area (Å²) in [5.74, 6) is -6.22. The van der Waals surface area contributed by atoms with Gasteiger partial charge in [-0.1, -0.05) is 122 Å². The average Bonchev–Trinajstić information content (AvgIpc) is 0.823. The number of aliphatic carboxylic acids is 1. The Hall–Kier alpha value is -7.62. The molecule has 11 amide bonds. The number of carbonyl (C=O) groups is 12. The molecule has 10 N–H and O–H groups in total. The number of nitrogens with one attached hydrogen (secondary N) is 9. The number of rotatable bonds is 58. The molecule has 0 bridgehead atoms. The van der Waals surface area contributed by atoms with Crippen molar-refractivity contribution in [1.29, 1.82) is 0 Å². The topological polar surface area (TPSA) is 451 Å². The summed E-state index contributed by atoms with van der Waals surface area (Å²) in [7, 11) is 0. The highest BCUT2D eigenvalue weighted by Crippen LogP contribution is 2.37. The van der Waals surface area contributed by atoms with Gasteiger partial charge in [0, 0.05) is 83.5 Å². The Morgan fingerprint density at radius 1 is 0.331 bits per heavy atom. The van der Waals surface area contributed by atoms with Crippen LogP contribution in [-0.4, -0.2) is 291 Å². The maximum Gasteiger partial charge on any atom is 0.303 e. The second kappa shape index (κ2) is 58.0. The molecule has 4 fully saturated rings. The van der Waals surface area contributed by atoms with Gasteiger partial charge in [0.15, 0.2) is 25.2 Å². The van der Waals surface area contributed by atoms with Crippen molar-refractivity contribution < 1.29 is 119 Å². The minimum Gasteiger partial charge on any atom is -0.481 e. The van der Waals surface area contributed by atoms with Crippen LogP contribution in [0.3, 0.4) is 0 Å². The third-order valence-electron chi connectivity index (χ3n) is 23.9. The molecular formula is C88H149N11O25. The van der Waals surface area contributed by atoms with E-state index in [0.29, 0.717) is 19.3 Å². The zero-order chi connectivity index (χ0) is 91.4. The maximum atomic E-state index is 15.4. The van der Waals surface area contributed by atoms with Crippen LogP contribution in [0.2, 0.25) is 0 Å². The Kier molecular flexibility index (Phi) is 50.0. The Labute approximate surface area is 733 Å². The molecule has 0 radical (unpaired) electrons. The molecule has 4 aliphatic rings. The second-order valence-electron chi connectivity index (χ2n) is 33.3. The summed E-state index contributed by atoms with van der Waals surface area (Å²) in [4.78, 5) is 163. The first-order chi connectivity index (χ1) is 59.2. The van der Waals surface area contributed by atoms with Crippen molar-refractivity contribution in [2.45, 2.75) is 274 Å². The molecule has 4 heterocycles. The number of hydrogen-bond donors (Lipinski definition) is 10. The highest BCUT2D eigenvalue weighted by Gasteiger charge is 2.46. The predicted molar refractivity (Wildman–Crippen MR) is 459 cm³/mol. The summed E-state index contributed by atoms with van der Waals surface area (Å²) < 4.78 is 72.9. The van der Waals surface area contributed by atoms with E-state index >= 15 is 9.59 Å². The molecule has 1 aromatic carbocycles. The van der Waals surface area contributed by atoms with E-state index in [2.05, 4.69) is 75.5 Å². The van der Waals surface area contributed by atoms with Crippen LogP contribution in [-0.2, 0) is 105 Å². The van der Waals surface area contributed by atoms with Gasteiger partial charge in [0.25, 0.3) is 11.8 Å². The van der Waals surface area contributed by atoms with Crippen LogP contribution in [0, 0.1) is 47.3 Å². The number of nitrogens with zero attached hydrogens (tertiary/aromatic N) is 2. The fourth-order valence-electron chi connectivity index (χ4n) is 16.2. The summed E-state index contributed by atoms with van der Waals surface area (Å²) in [5.41, 5.74) is -0.625. The Morgan fingerprint density at radius 2 is 0.581 bits per heavy atom. The van der Waals surface area contributed by atoms with Crippen LogP contribution in [0.5, 0.6) is 0 Å². The fraction of sp³-hybridized carbons (Fsp3) is 0.795. The van der Waals surface area contributed by atoms with Crippen LogP contribution in [0.1, 0.15) is 221 Å². The van der Waals surface area contributed by atoms with Gasteiger partial charge in [0.05, 0.1) is 128 Å². The van der Waals surface area contributed by atoms with Gasteiger partial charge in [-0.25, -0.2) is 0 Å². The summed E-state index contributed by atoms with van der Waals surface area (Å²) in [6.07, 6.45) is 5.73. The Morgan fingerprint density at radius 3 is 0.823 bits per heavy atom. The van der Waals surface area contributed by atoms with Gasteiger partial charge in [-0.2, -0.15) is 0 Å². The minimum absolute atomic E-state index is 0.0133. The van der Waals surface area contributed by atoms with Crippen molar-refractivity contribution >= 4 is 76.6 Å². The lowest BCUT2D eigenvalue weighted by Crippen LogP contribution is -2.57. The largest absolute Gasteiger partial charge is 0.481 e. The molecule has 20 unspecified atom stereocenters. The Balaban J connectivity index is 1.39. The first kappa shape index (κ1) is 107. The van der Waals surface area contributed by atoms with Crippen LogP contribution in [0.25, 0.3) is 0 Å². The molecule has 0 spiro atoms. The van der Waals surface area contributed by atoms with E-state index in [-0.39, 0.29) is 231 Å². The standard InChI is InChI=1S/C88H149N11O25/c1-17-69-54(5)58(9)79(93-62(13)100)85(121-69)117-43-39-113-35-31-89-74(105)50-98(51-75(106)90-32-36-114-40-44-118-86-80(94-63(14)101)59(10)55(6)70(18-2)122-86)83(111)66-47-67(49-68(48-66)97-73(104)29-27-25-23-21-22-24-26-28-30-78(109)110)84(112)99(52-76(107)91-33-37-115-41-45-119-87-81(95-64(15)102)60(11)56(7)71(19-3)123-87)53-77(108)92-34-38-116-42-46-120-88-82(96-65(16)103)61(12)57(8)72(20-4)124-88/h47-49,54-61,69-72,79-82,85-88H,17-46,50-53H2,1-16H3,(H,89,105)(H,90,106)(H,91,107)(H,92,108)(H,93,100)(H,94,101)(H,95,102)(H,96,103)(H,97,104)(H,109,110). The lowest BCUT2D eigenvalue weighted by atomic mass is 9.81. The number of anilines is 1. The van der Waals surface area contributed by atoms with Crippen LogP contribution in [0.15, 0.2) is 18.2 Å². The molecule has 706 valence electrons. The minimum atomic E-state index is -0.952. The number of unbranched alkanes of at least 4 members (excludes halogenated alkanes) is 7. The van der Waals surface area contributed by atoms with E-state index < -0.39 is 123 Å². The molecule has 36 heteroatoms. The molecule has 0 saturated carbocycles. The number of amides is 11. The first-order valence-electron chi connectivity index (χ1n) is 45.0. The van der Waals surface area contributed by atoms with Crippen LogP contribution in [0.4, 0.5) is 5.69 Å². The lowest BCUT2D eigenvalue weighted by molar-refractivity contribution is -0.239. The van der Waals surface area contributed by atoms with Crippen LogP contribution < -0.4 is 47.9 Å². The molecule has 36 nitrogen and oxygen atoms in total. The molecule has 4 aliphatic heterocycles. The van der Waals surface area contributed by atoms with Gasteiger partial charge in [-0.05, 0) is 104 Å². The first-order valence-corrected chi connectivity index (χ1v) is 45.0. The number of carboxylic acids is 1. The van der Waals surface area contributed by atoms with E-state index in [0.717, 1.165) is 67.6 Å². The Bertz CT molecular complexity index is 3110. The molecule has 5 rings (SSSR count). The molecule has 20 atom stereocenters. The van der Waals surface area contributed by atoms with Gasteiger partial charge in [-0.3, -0.25) is 57.5 Å². The number of carboxylic acid groups (broad SMARTS) is 1. The normalized spacial score (nSPS) is 26.1. The van der Waals surface area contributed by atoms with Crippen LogP contribution >= 0.6 is 0 Å². The second-order valence-corrected chi connectivity index (χ2v) is 33.3. The zero-order valence-electron chi connectivity index (χ0n) is 76.5. The van der Waals surface area contributed by atoms with E-state index in [4.69, 9.17) is 61.9 Å². The SMILES string of the molecule is CCC1OC(OCCOCCNC(=O)CN(CC(=O)NCCOCCOC2OC(CC)C(C)C(C)C2NC(C)=O)C(=O)c2cc(NC(=O)CCCCCCCCCCC(=O)O)cc(C(=O)N(CC(=O)NCCOCCOC3OC(CC)C(C)C(C)C3NC(C)=O)CC(=O)NCCOCCOC3OC(CC)C(C)C(C)C3NC(C)=O)c2)C(NC(C)=O)C(C)C1C. The molecular weight excluding hydrogens is 1610 g/mol. The predicted octanol–water partition coefficient (Wildman–Crippen LogP) is 5.74. The highest BCUT2D eigenvalue weighted by molar-refractivity contribution is 6.05. The van der Waals surface area contributed by atoms with Crippen molar-refractivity contribution in [3.63, 3.8) is 0 Å². The fourth-order valence-corrected chi connectivity index (χ4v) is 16.2. The highest BCUT2D eigenvalue weighted by atomic mass is 16.7. The molecule has 124 heavy (non-hydrogen) atoms. The summed E-state index contributed by atoms with van der Waals surface area (Å²) in [5, 5.41) is 34.6. The van der Waals surface area contributed by atoms with Gasteiger partial charge in [0.1, 0.15) is 26.2 Å². The number of benzene rings is 1. The molecule has 4 saturated heterocycles. The van der Waals surface area contributed by atoms with E-state index in [1.165, 1.54) is 45.9 Å². The quantitative estimate of drug-likeness (QED) is 0.0347.